The molecule has 9 heteroatoms. The molecule has 0 aliphatic rings. The largest absolute Gasteiger partial charge is 0.493 e. The summed E-state index contributed by atoms with van der Waals surface area (Å²) in [7, 11) is 1.58. The molecule has 0 radical (unpaired) electrons. The Balaban J connectivity index is 1.46. The SMILES string of the molecule is COc1cc(/C=N\NC(=O)c2cc3cc(Br)cc(Br)c3o2)cc(I)c1OCc1ccccc1. The fraction of sp³-hybridized carbons (Fsp3) is 0.0833. The van der Waals surface area contributed by atoms with Gasteiger partial charge in [-0.2, -0.15) is 5.10 Å². The maximum atomic E-state index is 12.5. The number of nitrogens with zero attached hydrogens (tertiary/aromatic N) is 1. The summed E-state index contributed by atoms with van der Waals surface area (Å²) >= 11 is 9.05. The summed E-state index contributed by atoms with van der Waals surface area (Å²) in [6, 6.07) is 19.0. The fourth-order valence-electron chi connectivity index (χ4n) is 3.09. The highest BCUT2D eigenvalue weighted by molar-refractivity contribution is 14.1. The van der Waals surface area contributed by atoms with E-state index in [1.165, 1.54) is 0 Å². The first-order valence-corrected chi connectivity index (χ1v) is 12.4. The first-order valence-electron chi connectivity index (χ1n) is 9.71. The van der Waals surface area contributed by atoms with E-state index in [0.29, 0.717) is 23.7 Å². The van der Waals surface area contributed by atoms with Crippen molar-refractivity contribution in [2.75, 3.05) is 7.11 Å². The molecule has 0 aliphatic carbocycles. The molecule has 6 nitrogen and oxygen atoms in total. The normalized spacial score (nSPS) is 11.2. The zero-order chi connectivity index (χ0) is 23.4. The van der Waals surface area contributed by atoms with Crippen LogP contribution in [-0.4, -0.2) is 19.2 Å². The molecule has 0 fully saturated rings. The lowest BCUT2D eigenvalue weighted by atomic mass is 10.2. The number of nitrogens with one attached hydrogen (secondary N) is 1. The summed E-state index contributed by atoms with van der Waals surface area (Å²) in [6.07, 6.45) is 1.54. The average Bonchev–Trinajstić information content (AvgIpc) is 3.23. The lowest BCUT2D eigenvalue weighted by Crippen LogP contribution is -2.16. The minimum absolute atomic E-state index is 0.165. The quantitative estimate of drug-likeness (QED) is 0.131. The lowest BCUT2D eigenvalue weighted by Gasteiger charge is -2.13. The molecule has 0 atom stereocenters. The van der Waals surface area contributed by atoms with Gasteiger partial charge in [-0.3, -0.25) is 4.79 Å². The molecular weight excluding hydrogens is 667 g/mol. The number of carbonyl (C=O) groups is 1. The van der Waals surface area contributed by atoms with Gasteiger partial charge in [0.05, 0.1) is 21.4 Å². The summed E-state index contributed by atoms with van der Waals surface area (Å²) in [6.45, 7) is 0.431. The van der Waals surface area contributed by atoms with Crippen LogP contribution in [-0.2, 0) is 6.61 Å². The number of hydrogen-bond donors (Lipinski definition) is 1. The van der Waals surface area contributed by atoms with Crippen LogP contribution in [0.3, 0.4) is 0 Å². The van der Waals surface area contributed by atoms with Crippen molar-refractivity contribution in [3.63, 3.8) is 0 Å². The van der Waals surface area contributed by atoms with Crippen molar-refractivity contribution in [2.45, 2.75) is 6.61 Å². The van der Waals surface area contributed by atoms with E-state index in [-0.39, 0.29) is 5.76 Å². The number of ether oxygens (including phenoxy) is 2. The molecular formula is C24H17Br2IN2O4. The highest BCUT2D eigenvalue weighted by Crippen LogP contribution is 2.34. The second-order valence-corrected chi connectivity index (χ2v) is 9.86. The molecule has 0 spiro atoms. The van der Waals surface area contributed by atoms with E-state index < -0.39 is 5.91 Å². The highest BCUT2D eigenvalue weighted by Gasteiger charge is 2.15. The number of halogens is 3. The summed E-state index contributed by atoms with van der Waals surface area (Å²) in [5.74, 6) is 0.952. The molecule has 1 N–H and O–H groups in total. The van der Waals surface area contributed by atoms with Crippen LogP contribution in [0.2, 0.25) is 0 Å². The maximum Gasteiger partial charge on any atom is 0.307 e. The lowest BCUT2D eigenvalue weighted by molar-refractivity contribution is 0.0929. The number of carbonyl (C=O) groups excluding carboxylic acids is 1. The number of hydrazone groups is 1. The van der Waals surface area contributed by atoms with E-state index in [2.05, 4.69) is 65.0 Å². The number of benzene rings is 3. The van der Waals surface area contributed by atoms with Gasteiger partial charge in [-0.25, -0.2) is 5.43 Å². The number of hydrogen-bond acceptors (Lipinski definition) is 5. The molecule has 0 unspecified atom stereocenters. The molecule has 4 aromatic rings. The number of fused-ring (bicyclic) bond motifs is 1. The Bertz CT molecular complexity index is 1340. The van der Waals surface area contributed by atoms with Gasteiger partial charge in [0.25, 0.3) is 0 Å². The van der Waals surface area contributed by atoms with E-state index in [1.54, 1.807) is 25.5 Å². The van der Waals surface area contributed by atoms with E-state index in [4.69, 9.17) is 13.9 Å². The standard InChI is InChI=1S/C24H17Br2IN2O4/c1-31-20-8-15(7-19(27)23(20)32-13-14-5-3-2-4-6-14)12-28-29-24(30)21-10-16-9-17(25)11-18(26)22(16)33-21/h2-12H,13H2,1H3,(H,29,30)/b28-12-. The third-order valence-corrected chi connectivity index (χ3v) is 6.47. The van der Waals surface area contributed by atoms with Crippen LogP contribution >= 0.6 is 54.5 Å². The summed E-state index contributed by atoms with van der Waals surface area (Å²) in [5, 5.41) is 4.86. The van der Waals surface area contributed by atoms with Crippen LogP contribution in [0.4, 0.5) is 0 Å². The van der Waals surface area contributed by atoms with E-state index >= 15 is 0 Å². The van der Waals surface area contributed by atoms with Gasteiger partial charge in [0.2, 0.25) is 0 Å². The van der Waals surface area contributed by atoms with E-state index in [0.717, 1.165) is 29.0 Å². The van der Waals surface area contributed by atoms with Gasteiger partial charge in [0.1, 0.15) is 12.2 Å². The first kappa shape index (κ1) is 23.8. The van der Waals surface area contributed by atoms with Crippen molar-refractivity contribution in [1.29, 1.82) is 0 Å². The van der Waals surface area contributed by atoms with Crippen molar-refractivity contribution in [2.24, 2.45) is 5.10 Å². The number of amides is 1. The molecule has 1 aromatic heterocycles. The van der Waals surface area contributed by atoms with Crippen LogP contribution < -0.4 is 14.9 Å². The Morgan fingerprint density at radius 2 is 1.94 bits per heavy atom. The van der Waals surface area contributed by atoms with Gasteiger partial charge in [-0.05, 0) is 80.0 Å². The highest BCUT2D eigenvalue weighted by atomic mass is 127. The third kappa shape index (κ3) is 5.77. The predicted molar refractivity (Wildman–Crippen MR) is 143 cm³/mol. The molecule has 0 aliphatic heterocycles. The van der Waals surface area contributed by atoms with Gasteiger partial charge < -0.3 is 13.9 Å². The second kappa shape index (κ2) is 10.7. The minimum Gasteiger partial charge on any atom is -0.493 e. The van der Waals surface area contributed by atoms with Crippen molar-refractivity contribution in [1.82, 2.24) is 5.43 Å². The average molecular weight is 684 g/mol. The van der Waals surface area contributed by atoms with Crippen molar-refractivity contribution in [3.8, 4) is 11.5 Å². The zero-order valence-corrected chi connectivity index (χ0v) is 22.6. The van der Waals surface area contributed by atoms with Gasteiger partial charge >= 0.3 is 5.91 Å². The fourth-order valence-corrected chi connectivity index (χ4v) is 5.21. The topological polar surface area (TPSA) is 73.1 Å². The molecule has 0 bridgehead atoms. The van der Waals surface area contributed by atoms with Crippen molar-refractivity contribution >= 4 is 77.5 Å². The Morgan fingerprint density at radius 3 is 2.70 bits per heavy atom. The van der Waals surface area contributed by atoms with E-state index in [9.17, 15) is 4.79 Å². The molecule has 0 saturated heterocycles. The second-order valence-electron chi connectivity index (χ2n) is 6.92. The molecule has 3 aromatic carbocycles. The van der Waals surface area contributed by atoms with Crippen LogP contribution in [0.1, 0.15) is 21.7 Å². The molecule has 0 saturated carbocycles. The van der Waals surface area contributed by atoms with E-state index in [1.807, 2.05) is 48.5 Å². The predicted octanol–water partition coefficient (Wildman–Crippen LogP) is 6.91. The Morgan fingerprint density at radius 1 is 1.15 bits per heavy atom. The molecule has 4 rings (SSSR count). The molecule has 1 amide bonds. The maximum absolute atomic E-state index is 12.5. The van der Waals surface area contributed by atoms with Crippen LogP contribution in [0.5, 0.6) is 11.5 Å². The zero-order valence-electron chi connectivity index (χ0n) is 17.3. The Labute approximate surface area is 220 Å². The van der Waals surface area contributed by atoms with Gasteiger partial charge in [0.15, 0.2) is 17.3 Å². The van der Waals surface area contributed by atoms with Crippen LogP contribution in [0.15, 0.2) is 79.1 Å². The molecule has 33 heavy (non-hydrogen) atoms. The van der Waals surface area contributed by atoms with Crippen LogP contribution in [0.25, 0.3) is 11.0 Å². The number of rotatable bonds is 7. The van der Waals surface area contributed by atoms with Gasteiger partial charge in [-0.1, -0.05) is 46.3 Å². The molecule has 168 valence electrons. The Hall–Kier alpha value is -2.37. The monoisotopic (exact) mass is 682 g/mol. The van der Waals surface area contributed by atoms with Gasteiger partial charge in [0, 0.05) is 9.86 Å². The van der Waals surface area contributed by atoms with Crippen molar-refractivity contribution in [3.05, 3.63) is 90.1 Å². The first-order chi connectivity index (χ1) is 15.9. The minimum atomic E-state index is -0.449. The molecule has 1 heterocycles. The van der Waals surface area contributed by atoms with Gasteiger partial charge in [-0.15, -0.1) is 0 Å². The van der Waals surface area contributed by atoms with Crippen molar-refractivity contribution < 1.29 is 18.7 Å². The summed E-state index contributed by atoms with van der Waals surface area (Å²) in [4.78, 5) is 12.5. The summed E-state index contributed by atoms with van der Waals surface area (Å²) in [5.41, 5.74) is 4.90. The Kier molecular flexibility index (Phi) is 7.71. The number of methoxy groups -OCH3 is 1. The van der Waals surface area contributed by atoms with Crippen LogP contribution in [0, 0.1) is 3.57 Å². The summed E-state index contributed by atoms with van der Waals surface area (Å²) < 4.78 is 19.6. The smallest absolute Gasteiger partial charge is 0.307 e. The third-order valence-electron chi connectivity index (χ3n) is 4.62. The number of furan rings is 1.